The second-order valence-corrected chi connectivity index (χ2v) is 28.6. The first-order valence-electron chi connectivity index (χ1n) is 30.4. The van der Waals surface area contributed by atoms with Crippen molar-refractivity contribution in [1.29, 1.82) is 0 Å². The van der Waals surface area contributed by atoms with E-state index in [1.54, 1.807) is 27.9 Å². The molecule has 18 bridgehead atoms. The van der Waals surface area contributed by atoms with E-state index in [0.29, 0.717) is 32.5 Å². The molecule has 18 aliphatic carbocycles. The molecule has 9 unspecified atom stereocenters. The highest BCUT2D eigenvalue weighted by molar-refractivity contribution is 5.37. The largest absolute Gasteiger partial charge is 0.0810 e. The second-order valence-electron chi connectivity index (χ2n) is 28.6. The smallest absolute Gasteiger partial charge is 0.00687 e. The normalized spacial score (nSPS) is 46.7. The fourth-order valence-corrected chi connectivity index (χ4v) is 15.7. The van der Waals surface area contributed by atoms with Gasteiger partial charge in [0.05, 0.1) is 0 Å². The topological polar surface area (TPSA) is 0 Å². The molecule has 9 atom stereocenters. The van der Waals surface area contributed by atoms with Crippen LogP contribution in [0.2, 0.25) is 0 Å². The fourth-order valence-electron chi connectivity index (χ4n) is 15.7. The van der Waals surface area contributed by atoms with Gasteiger partial charge >= 0.3 is 0 Å². The third-order valence-corrected chi connectivity index (χ3v) is 21.6. The molecule has 76 heavy (non-hydrogen) atoms. The van der Waals surface area contributed by atoms with Crippen molar-refractivity contribution < 1.29 is 0 Å². The van der Waals surface area contributed by atoms with E-state index in [2.05, 4.69) is 278 Å². The summed E-state index contributed by atoms with van der Waals surface area (Å²) in [7, 11) is 0. The zero-order valence-corrected chi connectivity index (χ0v) is 49.4. The van der Waals surface area contributed by atoms with Crippen LogP contribution in [0.1, 0.15) is 135 Å². The van der Waals surface area contributed by atoms with Gasteiger partial charge in [0.1, 0.15) is 0 Å². The molecule has 0 spiro atoms. The zero-order valence-electron chi connectivity index (χ0n) is 49.4. The van der Waals surface area contributed by atoms with Crippen LogP contribution < -0.4 is 0 Å². The minimum atomic E-state index is 0.407. The van der Waals surface area contributed by atoms with E-state index < -0.39 is 0 Å². The summed E-state index contributed by atoms with van der Waals surface area (Å²) < 4.78 is 0. The first-order valence-corrected chi connectivity index (χ1v) is 30.4. The van der Waals surface area contributed by atoms with Crippen LogP contribution in [0.3, 0.4) is 0 Å². The van der Waals surface area contributed by atoms with Crippen molar-refractivity contribution in [3.05, 3.63) is 216 Å². The van der Waals surface area contributed by atoms with Crippen molar-refractivity contribution in [2.24, 2.45) is 115 Å². The van der Waals surface area contributed by atoms with Gasteiger partial charge in [0, 0.05) is 32.5 Å². The van der Waals surface area contributed by atoms with Crippen LogP contribution in [0.5, 0.6) is 0 Å². The minimum Gasteiger partial charge on any atom is -0.0810 e. The highest BCUT2D eigenvalue weighted by Crippen LogP contribution is 2.52. The fraction of sp³-hybridized carbons (Fsp3) is 0.526. The highest BCUT2D eigenvalue weighted by Gasteiger charge is 2.41. The van der Waals surface area contributed by atoms with Crippen LogP contribution in [-0.2, 0) is 0 Å². The molecule has 0 N–H and O–H groups in total. The molecule has 0 radical (unpaired) electrons. The monoisotopic (exact) mass is 1010 g/mol. The summed E-state index contributed by atoms with van der Waals surface area (Å²) in [5.41, 5.74) is 10.5. The lowest BCUT2D eigenvalue weighted by atomic mass is 9.84. The third kappa shape index (κ3) is 12.0. The van der Waals surface area contributed by atoms with Crippen molar-refractivity contribution in [3.8, 4) is 0 Å². The molecular formula is C76H98. The molecular weight excluding hydrogens is 913 g/mol. The molecule has 0 aliphatic heterocycles. The maximum Gasteiger partial charge on any atom is 0.00687 e. The molecule has 0 aromatic carbocycles. The number of hydrogen-bond acceptors (Lipinski definition) is 0. The van der Waals surface area contributed by atoms with Crippen LogP contribution in [0.15, 0.2) is 216 Å². The molecule has 402 valence electrons. The second kappa shape index (κ2) is 21.2. The number of hydrogen-bond donors (Lipinski definition) is 0. The lowest BCUT2D eigenvalue weighted by Gasteiger charge is -2.20. The molecule has 0 aromatic rings. The molecule has 18 aliphatic rings. The van der Waals surface area contributed by atoms with E-state index in [1.807, 2.05) is 0 Å². The third-order valence-electron chi connectivity index (χ3n) is 21.6. The number of fused-ring (bicyclic) bond motifs is 18. The summed E-state index contributed by atoms with van der Waals surface area (Å²) in [5, 5.41) is 0. The van der Waals surface area contributed by atoms with Gasteiger partial charge in [-0.3, -0.25) is 0 Å². The molecule has 0 saturated carbocycles. The van der Waals surface area contributed by atoms with Gasteiger partial charge in [-0.2, -0.15) is 0 Å². The first kappa shape index (κ1) is 54.7. The molecule has 0 aromatic heterocycles. The maximum atomic E-state index is 2.42. The number of rotatable bonds is 0. The standard InChI is InChI=1S/5C9H12.3C8H10.C7H8/c1-6-3-9-5-8(6)4-7(9)2;1-8-3-5-9(2,7-8)6-4-8;1-7-8-3-5-9(7,2)6-4-8;1-7-5-9(2)4-3-8(7)6-9;1-7-5-8-3-4-9(7,2)6-8;1-8-4-2-7(6-8)3-5-8;1-6-4-7-2-3-8(6)5-7;1-6-7-2-3-8(6)5-4-7;1-2-7-4-3-6(1)5-7/h3-4,8-9H,5H2,1-2H3;3-6H,7H2,1-2H3;3-8H,1-2H3;2*3-5,8H,6H2,1-2H3;2-5,7H,6H2,1H3;2-4,7-8H,5H2,1H3;2-8H,1H3;1-4,6-7H,5H2. The Kier molecular flexibility index (Phi) is 15.2. The Morgan fingerprint density at radius 3 is 1.04 bits per heavy atom. The summed E-state index contributed by atoms with van der Waals surface area (Å²) in [4.78, 5) is 0. The van der Waals surface area contributed by atoms with Crippen LogP contribution in [0, 0.1) is 115 Å². The predicted molar refractivity (Wildman–Crippen MR) is 329 cm³/mol. The van der Waals surface area contributed by atoms with Crippen LogP contribution in [0.4, 0.5) is 0 Å². The molecule has 0 fully saturated rings. The van der Waals surface area contributed by atoms with Crippen molar-refractivity contribution >= 4 is 0 Å². The molecule has 0 saturated heterocycles. The Bertz CT molecular complexity index is 2640. The Morgan fingerprint density at radius 2 is 0.868 bits per heavy atom. The average Bonchev–Trinajstić information content (AvgIpc) is 4.21. The quantitative estimate of drug-likeness (QED) is 0.212. The van der Waals surface area contributed by atoms with E-state index in [9.17, 15) is 0 Å². The van der Waals surface area contributed by atoms with Gasteiger partial charge in [-0.15, -0.1) is 0 Å². The maximum absolute atomic E-state index is 2.42. The Balaban J connectivity index is 0.0000000973. The lowest BCUT2D eigenvalue weighted by molar-refractivity contribution is 0.371. The predicted octanol–water partition coefficient (Wildman–Crippen LogP) is 20.5. The summed E-state index contributed by atoms with van der Waals surface area (Å²) in [6, 6.07) is 0. The minimum absolute atomic E-state index is 0.407. The highest BCUT2D eigenvalue weighted by atomic mass is 14.5. The van der Waals surface area contributed by atoms with Gasteiger partial charge in [-0.05, 0) is 162 Å². The van der Waals surface area contributed by atoms with Gasteiger partial charge < -0.3 is 0 Å². The summed E-state index contributed by atoms with van der Waals surface area (Å²) in [5.74, 6) is 11.2. The van der Waals surface area contributed by atoms with Crippen LogP contribution in [-0.4, -0.2) is 0 Å². The van der Waals surface area contributed by atoms with Gasteiger partial charge in [0.2, 0.25) is 0 Å². The SMILES string of the molecule is C1=CC2C=CC1C2.CC12C=CC(C)(C=C1)C2.CC12C=CC(C=C1)C2.CC1=CC2(C)C=CC1C2.CC1=CC2C=CC1(C)C2.CC1=CC2C=CC1C2.CC1=CC2CC1C=C2C.CC1C2C=CC1(C)C=C2.CC1C2C=CC1C=C2. The van der Waals surface area contributed by atoms with Crippen molar-refractivity contribution in [2.45, 2.75) is 135 Å². The molecule has 0 amide bonds. The molecule has 0 heterocycles. The van der Waals surface area contributed by atoms with Gasteiger partial charge in [-0.25, -0.2) is 0 Å². The Morgan fingerprint density at radius 1 is 0.342 bits per heavy atom. The van der Waals surface area contributed by atoms with E-state index in [4.69, 9.17) is 0 Å². The molecule has 0 nitrogen and oxygen atoms in total. The average molecular weight is 1010 g/mol. The van der Waals surface area contributed by atoms with Gasteiger partial charge in [-0.1, -0.05) is 272 Å². The van der Waals surface area contributed by atoms with Gasteiger partial charge in [0.25, 0.3) is 0 Å². The molecule has 18 rings (SSSR count). The summed E-state index contributed by atoms with van der Waals surface area (Å²) >= 11 is 0. The van der Waals surface area contributed by atoms with Crippen molar-refractivity contribution in [2.75, 3.05) is 0 Å². The van der Waals surface area contributed by atoms with E-state index in [0.717, 1.165) is 82.9 Å². The van der Waals surface area contributed by atoms with E-state index >= 15 is 0 Å². The molecule has 0 heteroatoms. The van der Waals surface area contributed by atoms with Crippen molar-refractivity contribution in [1.82, 2.24) is 0 Å². The van der Waals surface area contributed by atoms with Crippen molar-refractivity contribution in [3.63, 3.8) is 0 Å². The number of allylic oxidation sites excluding steroid dienone is 36. The zero-order chi connectivity index (χ0) is 53.8. The Labute approximate surface area is 464 Å². The van der Waals surface area contributed by atoms with E-state index in [1.165, 1.54) is 44.9 Å². The van der Waals surface area contributed by atoms with E-state index in [-0.39, 0.29) is 0 Å². The lowest BCUT2D eigenvalue weighted by Crippen LogP contribution is -2.14. The van der Waals surface area contributed by atoms with Gasteiger partial charge in [0.15, 0.2) is 0 Å². The Hall–Kier alpha value is -4.68. The first-order chi connectivity index (χ1) is 36.0. The summed E-state index contributed by atoms with van der Waals surface area (Å²) in [6.45, 7) is 29.6. The van der Waals surface area contributed by atoms with Crippen LogP contribution in [0.25, 0.3) is 0 Å². The van der Waals surface area contributed by atoms with Crippen LogP contribution >= 0.6 is 0 Å². The summed E-state index contributed by atoms with van der Waals surface area (Å²) in [6.07, 6.45) is 81.7.